The Morgan fingerprint density at radius 3 is 2.76 bits per heavy atom. The molecule has 0 saturated heterocycles. The number of H-pyrrole nitrogens is 1. The van der Waals surface area contributed by atoms with Crippen LogP contribution < -0.4 is 11.1 Å². The number of fused-ring (bicyclic) bond motifs is 1. The molecule has 0 aliphatic heterocycles. The predicted molar refractivity (Wildman–Crippen MR) is 116 cm³/mol. The van der Waals surface area contributed by atoms with Gasteiger partial charge in [0.15, 0.2) is 5.95 Å². The minimum Gasteiger partial charge on any atom is -0.369 e. The number of aromatic nitrogens is 5. The van der Waals surface area contributed by atoms with E-state index in [1.807, 2.05) is 24.4 Å². The summed E-state index contributed by atoms with van der Waals surface area (Å²) in [5.41, 5.74) is 10.2. The van der Waals surface area contributed by atoms with Gasteiger partial charge in [0.1, 0.15) is 0 Å². The fourth-order valence-corrected chi connectivity index (χ4v) is 2.97. The Labute approximate surface area is 173 Å². The number of aryl methyl sites for hydroxylation is 1. The number of halogens is 1. The van der Waals surface area contributed by atoms with E-state index >= 15 is 0 Å². The molecule has 2 aromatic carbocycles. The van der Waals surface area contributed by atoms with E-state index in [1.54, 1.807) is 28.9 Å². The lowest BCUT2D eigenvalue weighted by Gasteiger charge is -2.06. The number of hydrogen-bond acceptors (Lipinski definition) is 5. The molecule has 0 spiro atoms. The number of nitrogens with one attached hydrogen (secondary N) is 2. The molecule has 8 nitrogen and oxygen atoms in total. The first-order chi connectivity index (χ1) is 13.6. The van der Waals surface area contributed by atoms with Crippen LogP contribution in [-0.4, -0.2) is 30.9 Å². The van der Waals surface area contributed by atoms with Crippen molar-refractivity contribution in [1.82, 2.24) is 25.0 Å². The largest absolute Gasteiger partial charge is 0.369 e. The number of nitrogen functional groups attached to an aromatic ring is 1. The standard InChI is InChI=1S/C20H21N7O.ClH/c1-2-3-4-15-12-27(26-25-15)16-8-5-13(6-9-16)19(28)22-14-7-10-17-18(11-14)24-20(21)23-17;/h5-12H,2-4H2,1H3,(H,22,28)(H3,21,23,24);1H. The van der Waals surface area contributed by atoms with Crippen LogP contribution in [0.25, 0.3) is 16.7 Å². The maximum absolute atomic E-state index is 12.5. The summed E-state index contributed by atoms with van der Waals surface area (Å²) in [6.45, 7) is 2.15. The normalized spacial score (nSPS) is 10.7. The van der Waals surface area contributed by atoms with Crippen LogP contribution in [0.2, 0.25) is 0 Å². The van der Waals surface area contributed by atoms with E-state index in [0.29, 0.717) is 17.2 Å². The van der Waals surface area contributed by atoms with Crippen molar-refractivity contribution in [3.63, 3.8) is 0 Å². The average Bonchev–Trinajstić information content (AvgIpc) is 3.31. The van der Waals surface area contributed by atoms with Crippen LogP contribution in [0.5, 0.6) is 0 Å². The van der Waals surface area contributed by atoms with E-state index in [1.165, 1.54) is 0 Å². The number of carbonyl (C=O) groups excluding carboxylic acids is 1. The summed E-state index contributed by atoms with van der Waals surface area (Å²) in [6, 6.07) is 12.6. The van der Waals surface area contributed by atoms with Crippen molar-refractivity contribution < 1.29 is 4.79 Å². The van der Waals surface area contributed by atoms with E-state index in [-0.39, 0.29) is 18.3 Å². The summed E-state index contributed by atoms with van der Waals surface area (Å²) in [7, 11) is 0. The van der Waals surface area contributed by atoms with Gasteiger partial charge in [-0.3, -0.25) is 4.79 Å². The molecule has 0 atom stereocenters. The Morgan fingerprint density at radius 1 is 1.21 bits per heavy atom. The van der Waals surface area contributed by atoms with Crippen molar-refractivity contribution in [3.05, 3.63) is 59.9 Å². The van der Waals surface area contributed by atoms with Gasteiger partial charge in [0, 0.05) is 11.3 Å². The van der Waals surface area contributed by atoms with Gasteiger partial charge >= 0.3 is 0 Å². The summed E-state index contributed by atoms with van der Waals surface area (Å²) < 4.78 is 1.73. The SMILES string of the molecule is CCCCc1cn(-c2ccc(C(=O)Nc3ccc4nc(N)[nH]c4c3)cc2)nn1.Cl. The molecule has 4 N–H and O–H groups in total. The fraction of sp³-hybridized carbons (Fsp3) is 0.200. The molecule has 9 heteroatoms. The minimum atomic E-state index is -0.194. The molecule has 4 aromatic rings. The molecule has 0 bridgehead atoms. The summed E-state index contributed by atoms with van der Waals surface area (Å²) in [6.07, 6.45) is 5.06. The van der Waals surface area contributed by atoms with Gasteiger partial charge in [-0.1, -0.05) is 18.6 Å². The average molecular weight is 412 g/mol. The number of nitrogens with zero attached hydrogens (tertiary/aromatic N) is 4. The molecule has 0 aliphatic carbocycles. The zero-order chi connectivity index (χ0) is 19.5. The van der Waals surface area contributed by atoms with Gasteiger partial charge in [-0.15, -0.1) is 17.5 Å². The molecule has 29 heavy (non-hydrogen) atoms. The van der Waals surface area contributed by atoms with Crippen LogP contribution in [0.3, 0.4) is 0 Å². The number of aromatic amines is 1. The van der Waals surface area contributed by atoms with Crippen molar-refractivity contribution in [1.29, 1.82) is 0 Å². The number of rotatable bonds is 6. The lowest BCUT2D eigenvalue weighted by molar-refractivity contribution is 0.102. The third-order valence-electron chi connectivity index (χ3n) is 4.48. The monoisotopic (exact) mass is 411 g/mol. The van der Waals surface area contributed by atoms with E-state index < -0.39 is 0 Å². The van der Waals surface area contributed by atoms with Crippen LogP contribution in [0.1, 0.15) is 35.8 Å². The summed E-state index contributed by atoms with van der Waals surface area (Å²) >= 11 is 0. The van der Waals surface area contributed by atoms with Gasteiger partial charge in [-0.05, 0) is 55.3 Å². The first-order valence-corrected chi connectivity index (χ1v) is 9.20. The second-order valence-corrected chi connectivity index (χ2v) is 6.61. The van der Waals surface area contributed by atoms with Crippen LogP contribution in [0.4, 0.5) is 11.6 Å². The molecule has 0 aliphatic rings. The molecule has 150 valence electrons. The molecule has 0 fully saturated rings. The first kappa shape index (κ1) is 20.3. The molecule has 1 amide bonds. The third-order valence-corrected chi connectivity index (χ3v) is 4.48. The molecule has 0 unspecified atom stereocenters. The van der Waals surface area contributed by atoms with E-state index in [0.717, 1.165) is 41.7 Å². The minimum absolute atomic E-state index is 0. The smallest absolute Gasteiger partial charge is 0.255 e. The number of imidazole rings is 1. The molecule has 2 heterocycles. The summed E-state index contributed by atoms with van der Waals surface area (Å²) in [5.74, 6) is 0.153. The molecule has 0 radical (unpaired) electrons. The molecular formula is C20H22ClN7O. The molecule has 4 rings (SSSR count). The number of unbranched alkanes of at least 4 members (excludes halogenated alkanes) is 1. The highest BCUT2D eigenvalue weighted by atomic mass is 35.5. The van der Waals surface area contributed by atoms with Crippen LogP contribution in [-0.2, 0) is 6.42 Å². The molecule has 2 aromatic heterocycles. The Morgan fingerprint density at radius 2 is 2.00 bits per heavy atom. The third kappa shape index (κ3) is 4.55. The molecule has 0 saturated carbocycles. The zero-order valence-corrected chi connectivity index (χ0v) is 16.7. The Kier molecular flexibility index (Phi) is 6.13. The van der Waals surface area contributed by atoms with Crippen molar-refractivity contribution in [2.24, 2.45) is 0 Å². The van der Waals surface area contributed by atoms with Gasteiger partial charge in [0.2, 0.25) is 0 Å². The Balaban J connectivity index is 0.00000240. The van der Waals surface area contributed by atoms with Crippen molar-refractivity contribution in [2.45, 2.75) is 26.2 Å². The second kappa shape index (κ2) is 8.74. The first-order valence-electron chi connectivity index (χ1n) is 9.20. The van der Waals surface area contributed by atoms with Gasteiger partial charge in [0.25, 0.3) is 5.91 Å². The summed E-state index contributed by atoms with van der Waals surface area (Å²) in [4.78, 5) is 19.6. The van der Waals surface area contributed by atoms with Crippen molar-refractivity contribution in [3.8, 4) is 5.69 Å². The van der Waals surface area contributed by atoms with Gasteiger partial charge in [-0.2, -0.15) is 0 Å². The van der Waals surface area contributed by atoms with E-state index in [9.17, 15) is 4.79 Å². The highest BCUT2D eigenvalue weighted by Crippen LogP contribution is 2.19. The van der Waals surface area contributed by atoms with Crippen LogP contribution in [0, 0.1) is 0 Å². The molecular weight excluding hydrogens is 390 g/mol. The number of carbonyl (C=O) groups is 1. The predicted octanol–water partition coefficient (Wildman–Crippen LogP) is 3.74. The number of amides is 1. The zero-order valence-electron chi connectivity index (χ0n) is 15.9. The number of hydrogen-bond donors (Lipinski definition) is 3. The van der Waals surface area contributed by atoms with Gasteiger partial charge < -0.3 is 16.0 Å². The lowest BCUT2D eigenvalue weighted by Crippen LogP contribution is -2.11. The van der Waals surface area contributed by atoms with E-state index in [2.05, 4.69) is 32.5 Å². The topological polar surface area (TPSA) is 115 Å². The van der Waals surface area contributed by atoms with Crippen LogP contribution in [0.15, 0.2) is 48.7 Å². The van der Waals surface area contributed by atoms with Crippen LogP contribution >= 0.6 is 12.4 Å². The van der Waals surface area contributed by atoms with Gasteiger partial charge in [0.05, 0.1) is 28.6 Å². The quantitative estimate of drug-likeness (QED) is 0.447. The fourth-order valence-electron chi connectivity index (χ4n) is 2.97. The maximum atomic E-state index is 12.5. The number of anilines is 2. The highest BCUT2D eigenvalue weighted by Gasteiger charge is 2.09. The number of benzene rings is 2. The Bertz CT molecular complexity index is 1120. The van der Waals surface area contributed by atoms with Gasteiger partial charge in [-0.25, -0.2) is 9.67 Å². The lowest BCUT2D eigenvalue weighted by atomic mass is 10.2. The highest BCUT2D eigenvalue weighted by molar-refractivity contribution is 6.05. The van der Waals surface area contributed by atoms with Crippen molar-refractivity contribution >= 4 is 41.0 Å². The number of nitrogens with two attached hydrogens (primary N) is 1. The maximum Gasteiger partial charge on any atom is 0.255 e. The second-order valence-electron chi connectivity index (χ2n) is 6.61. The summed E-state index contributed by atoms with van der Waals surface area (Å²) in [5, 5.41) is 11.2. The van der Waals surface area contributed by atoms with Crippen molar-refractivity contribution in [2.75, 3.05) is 11.1 Å². The Hall–Kier alpha value is -3.39. The van der Waals surface area contributed by atoms with E-state index in [4.69, 9.17) is 5.73 Å².